The fourth-order valence-corrected chi connectivity index (χ4v) is 2.49. The SMILES string of the molecule is CCCNC(CCN(CC)C1CC1)C(C)(C)C. The van der Waals surface area contributed by atoms with Crippen LogP contribution < -0.4 is 5.32 Å². The van der Waals surface area contributed by atoms with Crippen LogP contribution in [0.15, 0.2) is 0 Å². The fraction of sp³-hybridized carbons (Fsp3) is 1.00. The quantitative estimate of drug-likeness (QED) is 0.700. The van der Waals surface area contributed by atoms with Crippen molar-refractivity contribution in [1.82, 2.24) is 10.2 Å². The van der Waals surface area contributed by atoms with Crippen molar-refractivity contribution in [3.05, 3.63) is 0 Å². The molecule has 1 aliphatic rings. The van der Waals surface area contributed by atoms with Crippen LogP contribution in [0.5, 0.6) is 0 Å². The molecule has 2 nitrogen and oxygen atoms in total. The van der Waals surface area contributed by atoms with Gasteiger partial charge in [-0.1, -0.05) is 34.6 Å². The predicted octanol–water partition coefficient (Wildman–Crippen LogP) is 3.28. The van der Waals surface area contributed by atoms with Crippen molar-refractivity contribution in [2.75, 3.05) is 19.6 Å². The first-order chi connectivity index (χ1) is 7.99. The zero-order valence-electron chi connectivity index (χ0n) is 12.6. The van der Waals surface area contributed by atoms with Gasteiger partial charge in [0, 0.05) is 12.1 Å². The fourth-order valence-electron chi connectivity index (χ4n) is 2.49. The summed E-state index contributed by atoms with van der Waals surface area (Å²) in [5.41, 5.74) is 0.373. The molecule has 17 heavy (non-hydrogen) atoms. The summed E-state index contributed by atoms with van der Waals surface area (Å²) in [6.45, 7) is 15.2. The molecule has 0 aromatic rings. The molecule has 0 spiro atoms. The van der Waals surface area contributed by atoms with E-state index in [0.29, 0.717) is 11.5 Å². The summed E-state index contributed by atoms with van der Waals surface area (Å²) in [5, 5.41) is 3.72. The molecule has 1 aliphatic carbocycles. The summed E-state index contributed by atoms with van der Waals surface area (Å²) >= 11 is 0. The molecule has 1 rings (SSSR count). The Kier molecular flexibility index (Phi) is 5.94. The molecule has 1 atom stereocenters. The zero-order valence-corrected chi connectivity index (χ0v) is 12.6. The molecule has 0 aliphatic heterocycles. The lowest BCUT2D eigenvalue weighted by Gasteiger charge is -2.33. The summed E-state index contributed by atoms with van der Waals surface area (Å²) in [5.74, 6) is 0. The van der Waals surface area contributed by atoms with Crippen LogP contribution in [0, 0.1) is 5.41 Å². The Balaban J connectivity index is 2.36. The molecule has 1 N–H and O–H groups in total. The molecule has 102 valence electrons. The Morgan fingerprint density at radius 1 is 1.24 bits per heavy atom. The smallest absolute Gasteiger partial charge is 0.0128 e. The van der Waals surface area contributed by atoms with Crippen molar-refractivity contribution in [1.29, 1.82) is 0 Å². The van der Waals surface area contributed by atoms with E-state index in [1.807, 2.05) is 0 Å². The first-order valence-electron chi connectivity index (χ1n) is 7.46. The normalized spacial score (nSPS) is 18.7. The molecule has 0 aromatic heterocycles. The van der Waals surface area contributed by atoms with Gasteiger partial charge >= 0.3 is 0 Å². The molecule has 0 amide bonds. The van der Waals surface area contributed by atoms with Gasteiger partial charge in [-0.3, -0.25) is 0 Å². The van der Waals surface area contributed by atoms with E-state index in [2.05, 4.69) is 44.8 Å². The lowest BCUT2D eigenvalue weighted by atomic mass is 9.84. The minimum atomic E-state index is 0.373. The number of nitrogens with one attached hydrogen (secondary N) is 1. The van der Waals surface area contributed by atoms with Gasteiger partial charge < -0.3 is 10.2 Å². The van der Waals surface area contributed by atoms with E-state index < -0.39 is 0 Å². The Bertz CT molecular complexity index is 203. The molecular formula is C15H32N2. The Morgan fingerprint density at radius 2 is 1.88 bits per heavy atom. The van der Waals surface area contributed by atoms with Crippen molar-refractivity contribution in [2.24, 2.45) is 5.41 Å². The number of hydrogen-bond acceptors (Lipinski definition) is 2. The van der Waals surface area contributed by atoms with E-state index in [-0.39, 0.29) is 0 Å². The lowest BCUT2D eigenvalue weighted by molar-refractivity contribution is 0.204. The van der Waals surface area contributed by atoms with Gasteiger partial charge in [0.25, 0.3) is 0 Å². The summed E-state index contributed by atoms with van der Waals surface area (Å²) in [6, 6.07) is 1.56. The highest BCUT2D eigenvalue weighted by molar-refractivity contribution is 4.87. The van der Waals surface area contributed by atoms with Gasteiger partial charge in [-0.2, -0.15) is 0 Å². The van der Waals surface area contributed by atoms with Crippen molar-refractivity contribution in [2.45, 2.75) is 72.4 Å². The van der Waals surface area contributed by atoms with Gasteiger partial charge in [-0.05, 0) is 50.7 Å². The Hall–Kier alpha value is -0.0800. The number of nitrogens with zero attached hydrogens (tertiary/aromatic N) is 1. The highest BCUT2D eigenvalue weighted by atomic mass is 15.2. The molecule has 1 saturated carbocycles. The zero-order chi connectivity index (χ0) is 12.9. The third kappa shape index (κ3) is 5.39. The van der Waals surface area contributed by atoms with Crippen LogP contribution in [-0.4, -0.2) is 36.6 Å². The van der Waals surface area contributed by atoms with Gasteiger partial charge in [-0.15, -0.1) is 0 Å². The molecule has 0 radical (unpaired) electrons. The van der Waals surface area contributed by atoms with Gasteiger partial charge in [0.15, 0.2) is 0 Å². The third-order valence-electron chi connectivity index (χ3n) is 3.86. The van der Waals surface area contributed by atoms with Crippen LogP contribution >= 0.6 is 0 Å². The van der Waals surface area contributed by atoms with Crippen LogP contribution in [0.3, 0.4) is 0 Å². The maximum atomic E-state index is 3.72. The van der Waals surface area contributed by atoms with Crippen molar-refractivity contribution >= 4 is 0 Å². The predicted molar refractivity (Wildman–Crippen MR) is 76.4 cm³/mol. The average Bonchev–Trinajstić information content (AvgIpc) is 3.05. The topological polar surface area (TPSA) is 15.3 Å². The van der Waals surface area contributed by atoms with Crippen LogP contribution in [0.1, 0.15) is 60.3 Å². The molecule has 0 heterocycles. The Morgan fingerprint density at radius 3 is 2.29 bits per heavy atom. The lowest BCUT2D eigenvalue weighted by Crippen LogP contribution is -2.43. The van der Waals surface area contributed by atoms with Crippen molar-refractivity contribution in [3.8, 4) is 0 Å². The van der Waals surface area contributed by atoms with E-state index in [1.165, 1.54) is 38.8 Å². The van der Waals surface area contributed by atoms with Crippen LogP contribution in [0.2, 0.25) is 0 Å². The minimum absolute atomic E-state index is 0.373. The standard InChI is InChI=1S/C15H32N2/c1-6-11-16-14(15(3,4)5)10-12-17(7-2)13-8-9-13/h13-14,16H,6-12H2,1-5H3. The first kappa shape index (κ1) is 15.0. The summed E-state index contributed by atoms with van der Waals surface area (Å²) in [6.07, 6.45) is 5.37. The first-order valence-corrected chi connectivity index (χ1v) is 7.46. The number of hydrogen-bond donors (Lipinski definition) is 1. The van der Waals surface area contributed by atoms with E-state index in [0.717, 1.165) is 12.6 Å². The molecule has 1 unspecified atom stereocenters. The number of rotatable bonds is 8. The maximum absolute atomic E-state index is 3.72. The summed E-state index contributed by atoms with van der Waals surface area (Å²) < 4.78 is 0. The van der Waals surface area contributed by atoms with E-state index in [1.54, 1.807) is 0 Å². The van der Waals surface area contributed by atoms with E-state index in [9.17, 15) is 0 Å². The van der Waals surface area contributed by atoms with Gasteiger partial charge in [-0.25, -0.2) is 0 Å². The van der Waals surface area contributed by atoms with Gasteiger partial charge in [0.05, 0.1) is 0 Å². The second-order valence-electron chi connectivity index (χ2n) is 6.52. The molecule has 0 bridgehead atoms. The third-order valence-corrected chi connectivity index (χ3v) is 3.86. The Labute approximate surface area is 108 Å². The molecule has 0 saturated heterocycles. The monoisotopic (exact) mass is 240 g/mol. The molecule has 1 fully saturated rings. The second kappa shape index (κ2) is 6.75. The molecular weight excluding hydrogens is 208 g/mol. The maximum Gasteiger partial charge on any atom is 0.0128 e. The van der Waals surface area contributed by atoms with Gasteiger partial charge in [0.2, 0.25) is 0 Å². The van der Waals surface area contributed by atoms with Gasteiger partial charge in [0.1, 0.15) is 0 Å². The minimum Gasteiger partial charge on any atom is -0.313 e. The molecule has 2 heteroatoms. The highest BCUT2D eigenvalue weighted by Crippen LogP contribution is 2.28. The van der Waals surface area contributed by atoms with Crippen LogP contribution in [0.4, 0.5) is 0 Å². The van der Waals surface area contributed by atoms with Crippen LogP contribution in [-0.2, 0) is 0 Å². The second-order valence-corrected chi connectivity index (χ2v) is 6.52. The molecule has 0 aromatic carbocycles. The summed E-state index contributed by atoms with van der Waals surface area (Å²) in [4.78, 5) is 2.66. The largest absolute Gasteiger partial charge is 0.313 e. The summed E-state index contributed by atoms with van der Waals surface area (Å²) in [7, 11) is 0. The highest BCUT2D eigenvalue weighted by Gasteiger charge is 2.29. The van der Waals surface area contributed by atoms with Crippen LogP contribution in [0.25, 0.3) is 0 Å². The van der Waals surface area contributed by atoms with E-state index in [4.69, 9.17) is 0 Å². The van der Waals surface area contributed by atoms with Crippen molar-refractivity contribution < 1.29 is 0 Å². The van der Waals surface area contributed by atoms with Crippen molar-refractivity contribution in [3.63, 3.8) is 0 Å². The van der Waals surface area contributed by atoms with E-state index >= 15 is 0 Å². The average molecular weight is 240 g/mol.